The number of ether oxygens (including phenoxy) is 2. The Morgan fingerprint density at radius 1 is 1.35 bits per heavy atom. The predicted molar refractivity (Wildman–Crippen MR) is 64.6 cm³/mol. The average molecular weight is 234 g/mol. The van der Waals surface area contributed by atoms with Crippen molar-refractivity contribution in [1.82, 2.24) is 10.3 Å². The van der Waals surface area contributed by atoms with Crippen LogP contribution < -0.4 is 14.8 Å². The average Bonchev–Trinajstić information content (AvgIpc) is 2.40. The van der Waals surface area contributed by atoms with Gasteiger partial charge in [0.05, 0.1) is 12.8 Å². The van der Waals surface area contributed by atoms with Crippen LogP contribution in [0.3, 0.4) is 0 Å². The van der Waals surface area contributed by atoms with Gasteiger partial charge >= 0.3 is 0 Å². The molecule has 1 saturated heterocycles. The van der Waals surface area contributed by atoms with Crippen LogP contribution in [-0.2, 0) is 6.42 Å². The van der Waals surface area contributed by atoms with Gasteiger partial charge in [0, 0.05) is 5.56 Å². The predicted octanol–water partition coefficient (Wildman–Crippen LogP) is 1.54. The second kappa shape index (κ2) is 4.92. The highest BCUT2D eigenvalue weighted by Gasteiger charge is 2.17. The molecule has 0 amide bonds. The van der Waals surface area contributed by atoms with E-state index in [1.807, 2.05) is 0 Å². The van der Waals surface area contributed by atoms with Crippen molar-refractivity contribution in [1.29, 1.82) is 0 Å². The number of hydrogen-bond donors (Lipinski definition) is 1. The molecule has 2 aliphatic rings. The first-order valence-electron chi connectivity index (χ1n) is 6.41. The summed E-state index contributed by atoms with van der Waals surface area (Å²) < 4.78 is 11.5. The summed E-state index contributed by atoms with van der Waals surface area (Å²) in [5.41, 5.74) is 1.18. The molecule has 0 spiro atoms. The van der Waals surface area contributed by atoms with E-state index in [2.05, 4.69) is 16.4 Å². The summed E-state index contributed by atoms with van der Waals surface area (Å²) >= 11 is 0. The highest BCUT2D eigenvalue weighted by atomic mass is 16.5. The fraction of sp³-hybridized carbons (Fsp3) is 0.615. The summed E-state index contributed by atoms with van der Waals surface area (Å²) in [7, 11) is 0. The van der Waals surface area contributed by atoms with Gasteiger partial charge in [0.25, 0.3) is 0 Å². The van der Waals surface area contributed by atoms with Crippen molar-refractivity contribution in [2.24, 2.45) is 0 Å². The van der Waals surface area contributed by atoms with E-state index in [9.17, 15) is 0 Å². The third kappa shape index (κ3) is 2.52. The normalized spacial score (nSPS) is 20.5. The van der Waals surface area contributed by atoms with Crippen molar-refractivity contribution in [2.75, 3.05) is 19.7 Å². The smallest absolute Gasteiger partial charge is 0.216 e. The molecule has 0 aromatic carbocycles. The molecule has 1 aromatic heterocycles. The lowest BCUT2D eigenvalue weighted by molar-refractivity contribution is 0.161. The Labute approximate surface area is 101 Å². The minimum atomic E-state index is 0.334. The molecule has 0 unspecified atom stereocenters. The van der Waals surface area contributed by atoms with Gasteiger partial charge in [0.15, 0.2) is 0 Å². The van der Waals surface area contributed by atoms with Crippen LogP contribution in [0.4, 0.5) is 0 Å². The van der Waals surface area contributed by atoms with E-state index in [0.717, 1.165) is 57.0 Å². The molecule has 1 fully saturated rings. The molecule has 92 valence electrons. The van der Waals surface area contributed by atoms with E-state index in [-0.39, 0.29) is 0 Å². The second-order valence-corrected chi connectivity index (χ2v) is 4.65. The van der Waals surface area contributed by atoms with Crippen LogP contribution in [0.5, 0.6) is 11.6 Å². The van der Waals surface area contributed by atoms with Crippen molar-refractivity contribution in [3.63, 3.8) is 0 Å². The molecule has 0 atom stereocenters. The van der Waals surface area contributed by atoms with Crippen molar-refractivity contribution in [3.8, 4) is 11.6 Å². The largest absolute Gasteiger partial charge is 0.489 e. The zero-order valence-corrected chi connectivity index (χ0v) is 9.95. The van der Waals surface area contributed by atoms with Gasteiger partial charge in [0.2, 0.25) is 5.88 Å². The third-order valence-electron chi connectivity index (χ3n) is 3.32. The molecule has 4 nitrogen and oxygen atoms in total. The molecule has 3 heterocycles. The van der Waals surface area contributed by atoms with Crippen molar-refractivity contribution >= 4 is 0 Å². The number of nitrogens with zero attached hydrogens (tertiary/aromatic N) is 1. The molecule has 1 aromatic rings. The lowest BCUT2D eigenvalue weighted by Gasteiger charge is -2.24. The first-order valence-corrected chi connectivity index (χ1v) is 6.41. The monoisotopic (exact) mass is 234 g/mol. The van der Waals surface area contributed by atoms with E-state index in [4.69, 9.17) is 9.47 Å². The zero-order chi connectivity index (χ0) is 11.5. The van der Waals surface area contributed by atoms with Crippen LogP contribution in [0, 0.1) is 0 Å². The summed E-state index contributed by atoms with van der Waals surface area (Å²) in [6, 6.07) is 2.09. The quantitative estimate of drug-likeness (QED) is 0.843. The lowest BCUT2D eigenvalue weighted by atomic mass is 10.1. The first kappa shape index (κ1) is 10.8. The summed E-state index contributed by atoms with van der Waals surface area (Å²) in [5, 5.41) is 3.33. The Morgan fingerprint density at radius 3 is 3.12 bits per heavy atom. The second-order valence-electron chi connectivity index (χ2n) is 4.65. The molecular formula is C13H18N2O2. The summed E-state index contributed by atoms with van der Waals surface area (Å²) in [5.74, 6) is 1.68. The number of piperidine rings is 1. The Kier molecular flexibility index (Phi) is 3.14. The molecule has 1 N–H and O–H groups in total. The van der Waals surface area contributed by atoms with Gasteiger partial charge in [-0.2, -0.15) is 0 Å². The minimum Gasteiger partial charge on any atom is -0.489 e. The van der Waals surface area contributed by atoms with Gasteiger partial charge in [-0.3, -0.25) is 0 Å². The molecule has 17 heavy (non-hydrogen) atoms. The van der Waals surface area contributed by atoms with Crippen LogP contribution in [0.1, 0.15) is 24.8 Å². The molecule has 4 heteroatoms. The molecule has 0 bridgehead atoms. The Balaban J connectivity index is 1.70. The summed E-state index contributed by atoms with van der Waals surface area (Å²) in [4.78, 5) is 4.32. The maximum absolute atomic E-state index is 5.96. The van der Waals surface area contributed by atoms with Crippen molar-refractivity contribution in [3.05, 3.63) is 17.8 Å². The molecule has 2 aliphatic heterocycles. The van der Waals surface area contributed by atoms with Crippen molar-refractivity contribution < 1.29 is 9.47 Å². The SMILES string of the molecule is c1nc2c(cc1OC1CCNCC1)CCCO2. The van der Waals surface area contributed by atoms with Gasteiger partial charge in [-0.25, -0.2) is 4.98 Å². The van der Waals surface area contributed by atoms with Gasteiger partial charge < -0.3 is 14.8 Å². The molecule has 0 radical (unpaired) electrons. The summed E-state index contributed by atoms with van der Waals surface area (Å²) in [6.45, 7) is 2.88. The maximum Gasteiger partial charge on any atom is 0.216 e. The Bertz CT molecular complexity index is 389. The standard InChI is InChI=1S/C13H18N2O2/c1-2-10-8-12(9-15-13(10)16-7-1)17-11-3-5-14-6-4-11/h8-9,11,14H,1-7H2. The minimum absolute atomic E-state index is 0.334. The third-order valence-corrected chi connectivity index (χ3v) is 3.32. The first-order chi connectivity index (χ1) is 8.42. The molecular weight excluding hydrogens is 216 g/mol. The van der Waals surface area contributed by atoms with Crippen molar-refractivity contribution in [2.45, 2.75) is 31.8 Å². The highest BCUT2D eigenvalue weighted by Crippen LogP contribution is 2.26. The van der Waals surface area contributed by atoms with Crippen LogP contribution in [0.25, 0.3) is 0 Å². The van der Waals surface area contributed by atoms with E-state index in [1.54, 1.807) is 6.20 Å². The van der Waals surface area contributed by atoms with Gasteiger partial charge in [-0.1, -0.05) is 0 Å². The van der Waals surface area contributed by atoms with E-state index < -0.39 is 0 Å². The fourth-order valence-electron chi connectivity index (χ4n) is 2.39. The van der Waals surface area contributed by atoms with Crippen LogP contribution >= 0.6 is 0 Å². The fourth-order valence-corrected chi connectivity index (χ4v) is 2.39. The van der Waals surface area contributed by atoms with Crippen LogP contribution in [0.15, 0.2) is 12.3 Å². The summed E-state index contributed by atoms with van der Waals surface area (Å²) in [6.07, 6.45) is 6.39. The number of fused-ring (bicyclic) bond motifs is 1. The van der Waals surface area contributed by atoms with Gasteiger partial charge in [-0.05, 0) is 44.8 Å². The van der Waals surface area contributed by atoms with E-state index in [1.165, 1.54) is 5.56 Å². The van der Waals surface area contributed by atoms with Crippen LogP contribution in [0.2, 0.25) is 0 Å². The zero-order valence-electron chi connectivity index (χ0n) is 9.95. The van der Waals surface area contributed by atoms with E-state index >= 15 is 0 Å². The molecule has 0 saturated carbocycles. The topological polar surface area (TPSA) is 43.4 Å². The number of aryl methyl sites for hydroxylation is 1. The number of nitrogens with one attached hydrogen (secondary N) is 1. The number of rotatable bonds is 2. The van der Waals surface area contributed by atoms with Gasteiger partial charge in [0.1, 0.15) is 11.9 Å². The molecule has 0 aliphatic carbocycles. The molecule has 3 rings (SSSR count). The number of aromatic nitrogens is 1. The van der Waals surface area contributed by atoms with Crippen LogP contribution in [-0.4, -0.2) is 30.8 Å². The Hall–Kier alpha value is -1.29. The lowest BCUT2D eigenvalue weighted by Crippen LogP contribution is -2.34. The van der Waals surface area contributed by atoms with Gasteiger partial charge in [-0.15, -0.1) is 0 Å². The number of pyridine rings is 1. The maximum atomic E-state index is 5.96. The Morgan fingerprint density at radius 2 is 2.24 bits per heavy atom. The highest BCUT2D eigenvalue weighted by molar-refractivity contribution is 5.34. The number of hydrogen-bond acceptors (Lipinski definition) is 4. The van der Waals surface area contributed by atoms with E-state index in [0.29, 0.717) is 6.10 Å².